The Morgan fingerprint density at radius 1 is 1.11 bits per heavy atom. The molecule has 2 aromatic heterocycles. The van der Waals surface area contributed by atoms with Crippen LogP contribution in [-0.4, -0.2) is 22.3 Å². The fourth-order valence-corrected chi connectivity index (χ4v) is 6.03. The van der Waals surface area contributed by atoms with Crippen molar-refractivity contribution in [3.8, 4) is 0 Å². The van der Waals surface area contributed by atoms with Crippen molar-refractivity contribution in [2.45, 2.75) is 57.4 Å². The number of aryl methyl sites for hydroxylation is 1. The zero-order valence-corrected chi connectivity index (χ0v) is 17.1. The Bertz CT molecular complexity index is 952. The van der Waals surface area contributed by atoms with Gasteiger partial charge in [-0.2, -0.15) is 0 Å². The topological polar surface area (TPSA) is 36.1 Å². The number of amides is 1. The minimum Gasteiger partial charge on any atom is -0.356 e. The summed E-state index contributed by atoms with van der Waals surface area (Å²) in [6.07, 6.45) is 8.88. The molecule has 0 radical (unpaired) electrons. The number of carbonyl (C=O) groups is 1. The molecule has 5 rings (SSSR count). The van der Waals surface area contributed by atoms with Gasteiger partial charge >= 0.3 is 0 Å². The number of carbonyl (C=O) groups excluding carboxylic acids is 1. The molecule has 0 saturated heterocycles. The number of aromatic nitrogens is 1. The molecule has 1 aliphatic heterocycles. The molecule has 3 aromatic rings. The fraction of sp³-hybridized carbons (Fsp3) is 0.458. The summed E-state index contributed by atoms with van der Waals surface area (Å²) >= 11 is 1.76. The fourth-order valence-electron chi connectivity index (χ4n) is 5.32. The first kappa shape index (κ1) is 18.0. The molecule has 1 aromatic carbocycles. The summed E-state index contributed by atoms with van der Waals surface area (Å²) in [5.74, 6) is 0.917. The van der Waals surface area contributed by atoms with E-state index in [0.29, 0.717) is 18.2 Å². The molecular formula is C24H28N2OS. The highest BCUT2D eigenvalue weighted by molar-refractivity contribution is 7.09. The van der Waals surface area contributed by atoms with Crippen LogP contribution < -0.4 is 0 Å². The Labute approximate surface area is 170 Å². The van der Waals surface area contributed by atoms with Crippen molar-refractivity contribution in [2.75, 3.05) is 6.54 Å². The van der Waals surface area contributed by atoms with E-state index in [1.807, 2.05) is 0 Å². The van der Waals surface area contributed by atoms with Gasteiger partial charge in [-0.15, -0.1) is 11.3 Å². The molecule has 1 N–H and O–H groups in total. The lowest BCUT2D eigenvalue weighted by Gasteiger charge is -2.42. The SMILES string of the molecule is O=C(CCc1cccs1)N1CCc2c([nH]c3ccccc23)C1C1CCCCC1. The van der Waals surface area contributed by atoms with Crippen molar-refractivity contribution in [3.63, 3.8) is 0 Å². The quantitative estimate of drug-likeness (QED) is 0.592. The van der Waals surface area contributed by atoms with Gasteiger partial charge in [0.25, 0.3) is 0 Å². The average molecular weight is 393 g/mol. The van der Waals surface area contributed by atoms with Crippen molar-refractivity contribution in [3.05, 3.63) is 57.9 Å². The van der Waals surface area contributed by atoms with Crippen LogP contribution in [0, 0.1) is 5.92 Å². The van der Waals surface area contributed by atoms with E-state index in [2.05, 4.69) is 51.7 Å². The van der Waals surface area contributed by atoms with Crippen LogP contribution in [0.25, 0.3) is 10.9 Å². The molecule has 146 valence electrons. The second kappa shape index (κ2) is 7.75. The molecule has 3 heterocycles. The van der Waals surface area contributed by atoms with E-state index < -0.39 is 0 Å². The maximum absolute atomic E-state index is 13.3. The highest BCUT2D eigenvalue weighted by atomic mass is 32.1. The van der Waals surface area contributed by atoms with Crippen LogP contribution in [0.2, 0.25) is 0 Å². The van der Waals surface area contributed by atoms with E-state index >= 15 is 0 Å². The molecule has 0 bridgehead atoms. The molecule has 3 nitrogen and oxygen atoms in total. The molecule has 1 aliphatic carbocycles. The third-order valence-corrected chi connectivity index (χ3v) is 7.60. The number of aromatic amines is 1. The lowest BCUT2D eigenvalue weighted by Crippen LogP contribution is -2.43. The van der Waals surface area contributed by atoms with Gasteiger partial charge in [-0.05, 0) is 54.7 Å². The Hall–Kier alpha value is -2.07. The van der Waals surface area contributed by atoms with E-state index in [4.69, 9.17) is 0 Å². The average Bonchev–Trinajstić information content (AvgIpc) is 3.39. The molecule has 2 aliphatic rings. The number of benzene rings is 1. The van der Waals surface area contributed by atoms with Gasteiger partial charge in [-0.25, -0.2) is 0 Å². The second-order valence-corrected chi connectivity index (χ2v) is 9.35. The van der Waals surface area contributed by atoms with Gasteiger partial charge < -0.3 is 9.88 Å². The monoisotopic (exact) mass is 392 g/mol. The highest BCUT2D eigenvalue weighted by Gasteiger charge is 2.38. The summed E-state index contributed by atoms with van der Waals surface area (Å²) in [4.78, 5) is 20.5. The molecule has 1 amide bonds. The number of thiophene rings is 1. The van der Waals surface area contributed by atoms with E-state index in [0.717, 1.165) is 19.4 Å². The number of H-pyrrole nitrogens is 1. The number of rotatable bonds is 4. The van der Waals surface area contributed by atoms with Crippen LogP contribution in [0.5, 0.6) is 0 Å². The Morgan fingerprint density at radius 2 is 1.96 bits per heavy atom. The van der Waals surface area contributed by atoms with Gasteiger partial charge in [-0.1, -0.05) is 43.5 Å². The molecule has 1 unspecified atom stereocenters. The number of hydrogen-bond acceptors (Lipinski definition) is 2. The minimum atomic E-state index is 0.229. The minimum absolute atomic E-state index is 0.229. The molecule has 28 heavy (non-hydrogen) atoms. The summed E-state index contributed by atoms with van der Waals surface area (Å²) in [6, 6.07) is 13.1. The van der Waals surface area contributed by atoms with Gasteiger partial charge in [0, 0.05) is 34.4 Å². The Morgan fingerprint density at radius 3 is 2.79 bits per heavy atom. The predicted molar refractivity (Wildman–Crippen MR) is 116 cm³/mol. The Balaban J connectivity index is 1.46. The summed E-state index contributed by atoms with van der Waals surface area (Å²) in [5, 5.41) is 3.45. The third-order valence-electron chi connectivity index (χ3n) is 6.66. The van der Waals surface area contributed by atoms with Crippen LogP contribution in [0.1, 0.15) is 60.7 Å². The smallest absolute Gasteiger partial charge is 0.223 e. The molecule has 1 fully saturated rings. The third kappa shape index (κ3) is 3.28. The van der Waals surface area contributed by atoms with Crippen molar-refractivity contribution >= 4 is 28.1 Å². The van der Waals surface area contributed by atoms with E-state index in [9.17, 15) is 4.79 Å². The number of hydrogen-bond donors (Lipinski definition) is 1. The summed E-state index contributed by atoms with van der Waals surface area (Å²) in [7, 11) is 0. The standard InChI is InChI=1S/C24H28N2OS/c27-22(13-12-18-9-6-16-28-18)26-15-14-20-19-10-4-5-11-21(19)25-23(20)24(26)17-7-2-1-3-8-17/h4-6,9-11,16-17,24-25H,1-3,7-8,12-15H2. The normalized spacial score (nSPS) is 20.4. The summed E-state index contributed by atoms with van der Waals surface area (Å²) in [6.45, 7) is 0.860. The largest absolute Gasteiger partial charge is 0.356 e. The van der Waals surface area contributed by atoms with Gasteiger partial charge in [0.1, 0.15) is 0 Å². The molecule has 4 heteroatoms. The molecule has 1 saturated carbocycles. The summed E-state index contributed by atoms with van der Waals surface area (Å²) < 4.78 is 0. The highest BCUT2D eigenvalue weighted by Crippen LogP contribution is 2.43. The van der Waals surface area contributed by atoms with Gasteiger partial charge in [0.15, 0.2) is 0 Å². The van der Waals surface area contributed by atoms with Crippen molar-refractivity contribution < 1.29 is 4.79 Å². The Kier molecular flexibility index (Phi) is 4.98. The second-order valence-electron chi connectivity index (χ2n) is 8.32. The summed E-state index contributed by atoms with van der Waals surface area (Å²) in [5.41, 5.74) is 4.00. The first-order valence-corrected chi connectivity index (χ1v) is 11.6. The van der Waals surface area contributed by atoms with Crippen molar-refractivity contribution in [1.29, 1.82) is 0 Å². The van der Waals surface area contributed by atoms with E-state index in [1.54, 1.807) is 11.3 Å². The maximum Gasteiger partial charge on any atom is 0.223 e. The van der Waals surface area contributed by atoms with Crippen molar-refractivity contribution in [1.82, 2.24) is 9.88 Å². The molecular weight excluding hydrogens is 364 g/mol. The van der Waals surface area contributed by atoms with Crippen LogP contribution in [0.15, 0.2) is 41.8 Å². The van der Waals surface area contributed by atoms with Gasteiger partial charge in [0.05, 0.1) is 6.04 Å². The maximum atomic E-state index is 13.3. The van der Waals surface area contributed by atoms with Crippen LogP contribution >= 0.6 is 11.3 Å². The van der Waals surface area contributed by atoms with Gasteiger partial charge in [-0.3, -0.25) is 4.79 Å². The first-order valence-electron chi connectivity index (χ1n) is 10.7. The molecule has 0 spiro atoms. The van der Waals surface area contributed by atoms with Gasteiger partial charge in [0.2, 0.25) is 5.91 Å². The van der Waals surface area contributed by atoms with Crippen LogP contribution in [-0.2, 0) is 17.6 Å². The van der Waals surface area contributed by atoms with Crippen molar-refractivity contribution in [2.24, 2.45) is 5.92 Å². The first-order chi connectivity index (χ1) is 13.8. The number of nitrogens with zero attached hydrogens (tertiary/aromatic N) is 1. The zero-order chi connectivity index (χ0) is 18.9. The lowest BCUT2D eigenvalue weighted by atomic mass is 9.79. The van der Waals surface area contributed by atoms with E-state index in [-0.39, 0.29) is 6.04 Å². The van der Waals surface area contributed by atoms with Crippen LogP contribution in [0.4, 0.5) is 0 Å². The van der Waals surface area contributed by atoms with Crippen LogP contribution in [0.3, 0.4) is 0 Å². The van der Waals surface area contributed by atoms with E-state index in [1.165, 1.54) is 59.1 Å². The number of para-hydroxylation sites is 1. The number of fused-ring (bicyclic) bond motifs is 3. The zero-order valence-electron chi connectivity index (χ0n) is 16.3. The number of nitrogens with one attached hydrogen (secondary N) is 1. The molecule has 1 atom stereocenters. The lowest BCUT2D eigenvalue weighted by molar-refractivity contribution is -0.135. The predicted octanol–water partition coefficient (Wildman–Crippen LogP) is 5.87.